The molecule has 5 nitrogen and oxygen atoms in total. The van der Waals surface area contributed by atoms with E-state index in [-0.39, 0.29) is 5.56 Å². The first-order chi connectivity index (χ1) is 8.61. The molecule has 0 unspecified atom stereocenters. The van der Waals surface area contributed by atoms with Crippen molar-refractivity contribution in [3.8, 4) is 0 Å². The summed E-state index contributed by atoms with van der Waals surface area (Å²) < 4.78 is 1.16. The van der Waals surface area contributed by atoms with E-state index >= 15 is 0 Å². The van der Waals surface area contributed by atoms with Crippen LogP contribution in [0.3, 0.4) is 0 Å². The molecule has 0 atom stereocenters. The van der Waals surface area contributed by atoms with E-state index in [1.807, 2.05) is 13.0 Å². The number of aliphatic carboxylic acids is 1. The number of rotatable bonds is 3. The summed E-state index contributed by atoms with van der Waals surface area (Å²) in [5.74, 6) is -1.11. The Morgan fingerprint density at radius 1 is 1.50 bits per heavy atom. The zero-order valence-electron chi connectivity index (χ0n) is 9.83. The average molecular weight is 244 g/mol. The molecule has 0 aliphatic rings. The van der Waals surface area contributed by atoms with Crippen LogP contribution in [0.25, 0.3) is 17.1 Å². The van der Waals surface area contributed by atoms with Crippen molar-refractivity contribution in [3.63, 3.8) is 0 Å². The van der Waals surface area contributed by atoms with Gasteiger partial charge in [-0.25, -0.2) is 9.78 Å². The molecule has 1 heterocycles. The van der Waals surface area contributed by atoms with Crippen LogP contribution in [0.15, 0.2) is 35.4 Å². The van der Waals surface area contributed by atoms with Crippen LogP contribution >= 0.6 is 0 Å². The van der Waals surface area contributed by atoms with Gasteiger partial charge in [0.2, 0.25) is 0 Å². The quantitative estimate of drug-likeness (QED) is 0.831. The van der Waals surface area contributed by atoms with Gasteiger partial charge < -0.3 is 5.11 Å². The predicted octanol–water partition coefficient (Wildman–Crippen LogP) is 1.51. The summed E-state index contributed by atoms with van der Waals surface area (Å²) >= 11 is 0. The van der Waals surface area contributed by atoms with Crippen molar-refractivity contribution in [2.24, 2.45) is 0 Å². The lowest BCUT2D eigenvalue weighted by atomic mass is 10.1. The number of hydrogen-bond donors (Lipinski definition) is 1. The molecule has 2 aromatic rings. The lowest BCUT2D eigenvalue weighted by Crippen LogP contribution is -2.16. The molecular weight excluding hydrogens is 232 g/mol. The van der Waals surface area contributed by atoms with Gasteiger partial charge in [-0.2, -0.15) is 0 Å². The molecule has 92 valence electrons. The van der Waals surface area contributed by atoms with Gasteiger partial charge in [0.15, 0.2) is 0 Å². The van der Waals surface area contributed by atoms with Gasteiger partial charge in [-0.15, -0.1) is 0 Å². The first-order valence-corrected chi connectivity index (χ1v) is 5.52. The number of carboxylic acids is 1. The summed E-state index contributed by atoms with van der Waals surface area (Å²) in [6.07, 6.45) is 4.24. The van der Waals surface area contributed by atoms with Crippen molar-refractivity contribution in [1.29, 1.82) is 0 Å². The molecular formula is C13H12N2O3. The van der Waals surface area contributed by atoms with Crippen LogP contribution in [0.5, 0.6) is 0 Å². The van der Waals surface area contributed by atoms with Gasteiger partial charge in [-0.3, -0.25) is 9.36 Å². The third-order valence-electron chi connectivity index (χ3n) is 2.63. The van der Waals surface area contributed by atoms with Gasteiger partial charge >= 0.3 is 5.97 Å². The number of benzene rings is 1. The van der Waals surface area contributed by atoms with Gasteiger partial charge in [-0.1, -0.05) is 13.0 Å². The van der Waals surface area contributed by atoms with Crippen molar-refractivity contribution < 1.29 is 9.90 Å². The standard InChI is InChI=1S/C13H12N2O3/c1-2-9-3-4-11-10(7-9)13(18)15(8-14-11)6-5-12(16)17/h3-8H,2H2,1H3,(H,16,17)/b6-5+. The van der Waals surface area contributed by atoms with Crippen molar-refractivity contribution in [3.05, 3.63) is 46.5 Å². The van der Waals surface area contributed by atoms with E-state index in [9.17, 15) is 9.59 Å². The minimum atomic E-state index is -1.11. The van der Waals surface area contributed by atoms with E-state index in [1.54, 1.807) is 12.1 Å². The molecule has 0 bridgehead atoms. The third kappa shape index (κ3) is 2.29. The van der Waals surface area contributed by atoms with Crippen LogP contribution in [-0.4, -0.2) is 20.6 Å². The molecule has 1 N–H and O–H groups in total. The van der Waals surface area contributed by atoms with Crippen molar-refractivity contribution in [2.75, 3.05) is 0 Å². The molecule has 0 spiro atoms. The first-order valence-electron chi connectivity index (χ1n) is 5.52. The number of hydrogen-bond acceptors (Lipinski definition) is 3. The number of carbonyl (C=O) groups is 1. The fourth-order valence-corrected chi connectivity index (χ4v) is 1.65. The molecule has 5 heteroatoms. The SMILES string of the molecule is CCc1ccc2ncn(/C=C/C(=O)O)c(=O)c2c1. The summed E-state index contributed by atoms with van der Waals surface area (Å²) in [6, 6.07) is 5.50. The Kier molecular flexibility index (Phi) is 3.23. The Labute approximate surface area is 103 Å². The van der Waals surface area contributed by atoms with Gasteiger partial charge in [0.25, 0.3) is 5.56 Å². The number of nitrogens with zero attached hydrogens (tertiary/aromatic N) is 2. The molecule has 18 heavy (non-hydrogen) atoms. The zero-order chi connectivity index (χ0) is 13.1. The maximum atomic E-state index is 12.1. The maximum absolute atomic E-state index is 12.1. The van der Waals surface area contributed by atoms with Crippen LogP contribution < -0.4 is 5.56 Å². The summed E-state index contributed by atoms with van der Waals surface area (Å²) in [4.78, 5) is 26.6. The van der Waals surface area contributed by atoms with E-state index in [4.69, 9.17) is 5.11 Å². The second kappa shape index (κ2) is 4.83. The van der Waals surface area contributed by atoms with Crippen molar-refractivity contribution in [1.82, 2.24) is 9.55 Å². The number of aromatic nitrogens is 2. The van der Waals surface area contributed by atoms with Crippen LogP contribution in [0, 0.1) is 0 Å². The maximum Gasteiger partial charge on any atom is 0.329 e. The number of fused-ring (bicyclic) bond motifs is 1. The second-order valence-corrected chi connectivity index (χ2v) is 3.82. The highest BCUT2D eigenvalue weighted by molar-refractivity contribution is 5.83. The minimum Gasteiger partial charge on any atom is -0.478 e. The predicted molar refractivity (Wildman–Crippen MR) is 68.3 cm³/mol. The summed E-state index contributed by atoms with van der Waals surface area (Å²) in [6.45, 7) is 2.00. The minimum absolute atomic E-state index is 0.271. The Hall–Kier alpha value is -2.43. The molecule has 0 fully saturated rings. The van der Waals surface area contributed by atoms with E-state index in [2.05, 4.69) is 4.98 Å². The van der Waals surface area contributed by atoms with Crippen molar-refractivity contribution >= 4 is 23.1 Å². The molecule has 1 aromatic carbocycles. The lowest BCUT2D eigenvalue weighted by Gasteiger charge is -2.02. The molecule has 0 saturated heterocycles. The molecule has 0 saturated carbocycles. The Morgan fingerprint density at radius 3 is 2.94 bits per heavy atom. The van der Waals surface area contributed by atoms with Gasteiger partial charge in [0.1, 0.15) is 6.33 Å². The Balaban J connectivity index is 2.62. The van der Waals surface area contributed by atoms with E-state index < -0.39 is 5.97 Å². The largest absolute Gasteiger partial charge is 0.478 e. The van der Waals surface area contributed by atoms with Crippen LogP contribution in [0.2, 0.25) is 0 Å². The highest BCUT2D eigenvalue weighted by Crippen LogP contribution is 2.10. The molecule has 0 radical (unpaired) electrons. The number of aryl methyl sites for hydroxylation is 1. The van der Waals surface area contributed by atoms with Gasteiger partial charge in [-0.05, 0) is 24.1 Å². The highest BCUT2D eigenvalue weighted by atomic mass is 16.4. The molecule has 2 rings (SSSR count). The second-order valence-electron chi connectivity index (χ2n) is 3.82. The third-order valence-corrected chi connectivity index (χ3v) is 2.63. The summed E-state index contributed by atoms with van der Waals surface area (Å²) in [5, 5.41) is 9.03. The van der Waals surface area contributed by atoms with Gasteiger partial charge in [0, 0.05) is 12.3 Å². The van der Waals surface area contributed by atoms with E-state index in [1.165, 1.54) is 12.5 Å². The molecule has 0 aliphatic heterocycles. The smallest absolute Gasteiger partial charge is 0.329 e. The van der Waals surface area contributed by atoms with E-state index in [0.29, 0.717) is 10.9 Å². The van der Waals surface area contributed by atoms with Gasteiger partial charge in [0.05, 0.1) is 10.9 Å². The van der Waals surface area contributed by atoms with Crippen LogP contribution in [0.4, 0.5) is 0 Å². The normalized spacial score (nSPS) is 11.2. The van der Waals surface area contributed by atoms with Crippen LogP contribution in [-0.2, 0) is 11.2 Å². The topological polar surface area (TPSA) is 72.2 Å². The zero-order valence-corrected chi connectivity index (χ0v) is 9.83. The van der Waals surface area contributed by atoms with E-state index in [0.717, 1.165) is 22.6 Å². The Morgan fingerprint density at radius 2 is 2.28 bits per heavy atom. The summed E-state index contributed by atoms with van der Waals surface area (Å²) in [7, 11) is 0. The monoisotopic (exact) mass is 244 g/mol. The van der Waals surface area contributed by atoms with Crippen LogP contribution in [0.1, 0.15) is 12.5 Å². The first kappa shape index (κ1) is 12.0. The highest BCUT2D eigenvalue weighted by Gasteiger charge is 2.03. The molecule has 0 aliphatic carbocycles. The fourth-order valence-electron chi connectivity index (χ4n) is 1.65. The summed E-state index contributed by atoms with van der Waals surface area (Å²) in [5.41, 5.74) is 1.38. The fraction of sp³-hybridized carbons (Fsp3) is 0.154. The lowest BCUT2D eigenvalue weighted by molar-refractivity contribution is -0.131. The molecule has 0 amide bonds. The average Bonchev–Trinajstić information content (AvgIpc) is 2.37. The number of carboxylic acid groups (broad SMARTS) is 1. The molecule has 1 aromatic heterocycles. The Bertz CT molecular complexity index is 686. The van der Waals surface area contributed by atoms with Crippen molar-refractivity contribution in [2.45, 2.75) is 13.3 Å².